The van der Waals surface area contributed by atoms with E-state index >= 15 is 0 Å². The quantitative estimate of drug-likeness (QED) is 0.570. The van der Waals surface area contributed by atoms with E-state index in [0.717, 1.165) is 0 Å². The smallest absolute Gasteiger partial charge is 0.323 e. The summed E-state index contributed by atoms with van der Waals surface area (Å²) < 4.78 is 0. The predicted octanol–water partition coefficient (Wildman–Crippen LogP) is -0.211. The molecule has 0 aliphatic rings. The first-order chi connectivity index (χ1) is 9.79. The van der Waals surface area contributed by atoms with Crippen LogP contribution in [0, 0.1) is 0 Å². The van der Waals surface area contributed by atoms with Crippen LogP contribution in [-0.2, 0) is 9.59 Å². The van der Waals surface area contributed by atoms with Gasteiger partial charge < -0.3 is 26.2 Å². The number of carbonyl (C=O) groups is 4. The van der Waals surface area contributed by atoms with Crippen LogP contribution in [0.1, 0.15) is 10.4 Å². The fourth-order valence-corrected chi connectivity index (χ4v) is 1.48. The second kappa shape index (κ2) is 6.89. The zero-order valence-corrected chi connectivity index (χ0v) is 10.8. The van der Waals surface area contributed by atoms with E-state index < -0.39 is 37.0 Å². The van der Waals surface area contributed by atoms with E-state index in [2.05, 4.69) is 5.32 Å². The summed E-state index contributed by atoms with van der Waals surface area (Å²) in [5.74, 6) is -3.39. The Hall–Kier alpha value is -3.10. The first kappa shape index (κ1) is 16.0. The average molecular weight is 295 g/mol. The third kappa shape index (κ3) is 5.19. The molecule has 0 unspecified atom stereocenters. The normalized spacial score (nSPS) is 9.71. The van der Waals surface area contributed by atoms with Gasteiger partial charge in [0.2, 0.25) is 5.91 Å². The van der Waals surface area contributed by atoms with Crippen molar-refractivity contribution in [2.24, 2.45) is 5.73 Å². The number of carbonyl (C=O) groups excluding carboxylic acids is 2. The Balaban J connectivity index is 2.85. The van der Waals surface area contributed by atoms with Crippen LogP contribution >= 0.6 is 0 Å². The number of aliphatic carboxylic acids is 2. The van der Waals surface area contributed by atoms with Gasteiger partial charge in [0, 0.05) is 11.3 Å². The Morgan fingerprint density at radius 1 is 1.10 bits per heavy atom. The van der Waals surface area contributed by atoms with Crippen molar-refractivity contribution in [3.63, 3.8) is 0 Å². The number of urea groups is 1. The maximum Gasteiger partial charge on any atom is 0.323 e. The van der Waals surface area contributed by atoms with Crippen LogP contribution in [0.2, 0.25) is 0 Å². The zero-order chi connectivity index (χ0) is 16.0. The van der Waals surface area contributed by atoms with Crippen LogP contribution in [0.15, 0.2) is 24.3 Å². The fourth-order valence-electron chi connectivity index (χ4n) is 1.48. The number of nitrogens with two attached hydrogens (primary N) is 1. The summed E-state index contributed by atoms with van der Waals surface area (Å²) in [7, 11) is 0. The molecule has 1 aromatic carbocycles. The molecule has 5 N–H and O–H groups in total. The van der Waals surface area contributed by atoms with Crippen molar-refractivity contribution in [2.45, 2.75) is 0 Å². The Labute approximate surface area is 119 Å². The van der Waals surface area contributed by atoms with Crippen LogP contribution in [-0.4, -0.2) is 52.1 Å². The second-order valence-electron chi connectivity index (χ2n) is 4.02. The first-order valence-electron chi connectivity index (χ1n) is 5.69. The van der Waals surface area contributed by atoms with Crippen LogP contribution in [0.4, 0.5) is 10.5 Å². The topological polar surface area (TPSA) is 150 Å². The molecule has 0 radical (unpaired) electrons. The zero-order valence-electron chi connectivity index (χ0n) is 10.8. The molecule has 21 heavy (non-hydrogen) atoms. The molecule has 9 nitrogen and oxygen atoms in total. The third-order valence-electron chi connectivity index (χ3n) is 2.34. The van der Waals surface area contributed by atoms with E-state index in [0.29, 0.717) is 4.90 Å². The van der Waals surface area contributed by atoms with Gasteiger partial charge in [-0.2, -0.15) is 0 Å². The standard InChI is InChI=1S/C12H13N3O6/c13-11(20)7-2-1-3-8(4-7)14-12(21)15(5-9(16)17)6-10(18)19/h1-4H,5-6H2,(H2,13,20)(H,14,21)(H,16,17)(H,18,19). The van der Waals surface area contributed by atoms with E-state index in [1.807, 2.05) is 0 Å². The number of primary amides is 1. The third-order valence-corrected chi connectivity index (χ3v) is 2.34. The second-order valence-corrected chi connectivity index (χ2v) is 4.02. The van der Waals surface area contributed by atoms with E-state index in [4.69, 9.17) is 15.9 Å². The van der Waals surface area contributed by atoms with E-state index in [-0.39, 0.29) is 11.3 Å². The number of carboxylic acids is 2. The minimum absolute atomic E-state index is 0.149. The molecule has 9 heteroatoms. The van der Waals surface area contributed by atoms with Crippen molar-refractivity contribution in [1.29, 1.82) is 0 Å². The van der Waals surface area contributed by atoms with Crippen molar-refractivity contribution in [3.8, 4) is 0 Å². The van der Waals surface area contributed by atoms with Gasteiger partial charge in [0.1, 0.15) is 13.1 Å². The Kier molecular flexibility index (Phi) is 5.24. The molecule has 0 aliphatic heterocycles. The minimum atomic E-state index is -1.35. The van der Waals surface area contributed by atoms with Gasteiger partial charge in [-0.1, -0.05) is 6.07 Å². The van der Waals surface area contributed by atoms with Gasteiger partial charge in [-0.15, -0.1) is 0 Å². The van der Waals surface area contributed by atoms with Gasteiger partial charge in [-0.3, -0.25) is 14.4 Å². The molecule has 112 valence electrons. The van der Waals surface area contributed by atoms with Gasteiger partial charge in [0.25, 0.3) is 0 Å². The number of hydrogen-bond acceptors (Lipinski definition) is 4. The molecule has 3 amide bonds. The van der Waals surface area contributed by atoms with Gasteiger partial charge in [-0.05, 0) is 18.2 Å². The Bertz CT molecular complexity index is 570. The van der Waals surface area contributed by atoms with Crippen molar-refractivity contribution >= 4 is 29.6 Å². The van der Waals surface area contributed by atoms with Gasteiger partial charge in [0.15, 0.2) is 0 Å². The summed E-state index contributed by atoms with van der Waals surface area (Å²) in [5.41, 5.74) is 5.43. The molecule has 0 bridgehead atoms. The maximum absolute atomic E-state index is 11.8. The largest absolute Gasteiger partial charge is 0.480 e. The van der Waals surface area contributed by atoms with Crippen molar-refractivity contribution in [2.75, 3.05) is 18.4 Å². The van der Waals surface area contributed by atoms with Crippen molar-refractivity contribution < 1.29 is 29.4 Å². The number of amides is 3. The first-order valence-corrected chi connectivity index (χ1v) is 5.69. The van der Waals surface area contributed by atoms with Crippen LogP contribution in [0.3, 0.4) is 0 Å². The molecule has 0 atom stereocenters. The summed E-state index contributed by atoms with van der Waals surface area (Å²) in [4.78, 5) is 44.7. The number of carboxylic acid groups (broad SMARTS) is 2. The van der Waals surface area contributed by atoms with Crippen molar-refractivity contribution in [3.05, 3.63) is 29.8 Å². The Morgan fingerprint density at radius 2 is 1.67 bits per heavy atom. The van der Waals surface area contributed by atoms with Crippen molar-refractivity contribution in [1.82, 2.24) is 4.90 Å². The summed E-state index contributed by atoms with van der Waals surface area (Å²) in [6.07, 6.45) is 0. The highest BCUT2D eigenvalue weighted by Gasteiger charge is 2.19. The van der Waals surface area contributed by atoms with E-state index in [9.17, 15) is 19.2 Å². The van der Waals surface area contributed by atoms with Crippen LogP contribution in [0.25, 0.3) is 0 Å². The average Bonchev–Trinajstić information content (AvgIpc) is 2.37. The lowest BCUT2D eigenvalue weighted by Gasteiger charge is -2.19. The fraction of sp³-hybridized carbons (Fsp3) is 0.167. The molecule has 0 fully saturated rings. The van der Waals surface area contributed by atoms with Gasteiger partial charge in [0.05, 0.1) is 0 Å². The number of nitrogens with one attached hydrogen (secondary N) is 1. The summed E-state index contributed by atoms with van der Waals surface area (Å²) in [5, 5.41) is 19.6. The van der Waals surface area contributed by atoms with E-state index in [1.165, 1.54) is 24.3 Å². The van der Waals surface area contributed by atoms with E-state index in [1.54, 1.807) is 0 Å². The highest BCUT2D eigenvalue weighted by molar-refractivity contribution is 5.97. The number of anilines is 1. The summed E-state index contributed by atoms with van der Waals surface area (Å²) >= 11 is 0. The lowest BCUT2D eigenvalue weighted by Crippen LogP contribution is -2.41. The summed E-state index contributed by atoms with van der Waals surface area (Å²) in [6.45, 7) is -1.54. The summed E-state index contributed by atoms with van der Waals surface area (Å²) in [6, 6.07) is 4.73. The van der Waals surface area contributed by atoms with Gasteiger partial charge >= 0.3 is 18.0 Å². The molecule has 0 saturated heterocycles. The molecular weight excluding hydrogens is 282 g/mol. The minimum Gasteiger partial charge on any atom is -0.480 e. The number of rotatable bonds is 6. The van der Waals surface area contributed by atoms with Crippen LogP contribution < -0.4 is 11.1 Å². The highest BCUT2D eigenvalue weighted by Crippen LogP contribution is 2.11. The number of benzene rings is 1. The highest BCUT2D eigenvalue weighted by atomic mass is 16.4. The lowest BCUT2D eigenvalue weighted by atomic mass is 10.2. The molecule has 0 aliphatic carbocycles. The maximum atomic E-state index is 11.8. The monoisotopic (exact) mass is 295 g/mol. The molecular formula is C12H13N3O6. The van der Waals surface area contributed by atoms with Gasteiger partial charge in [-0.25, -0.2) is 4.79 Å². The predicted molar refractivity (Wildman–Crippen MR) is 70.8 cm³/mol. The number of hydrogen-bond donors (Lipinski definition) is 4. The molecule has 0 saturated carbocycles. The number of nitrogens with zero attached hydrogens (tertiary/aromatic N) is 1. The molecule has 0 spiro atoms. The molecule has 1 aromatic rings. The molecule has 0 heterocycles. The molecule has 0 aromatic heterocycles. The lowest BCUT2D eigenvalue weighted by molar-refractivity contribution is -0.140. The molecule has 1 rings (SSSR count). The van der Waals surface area contributed by atoms with Crippen LogP contribution in [0.5, 0.6) is 0 Å². The SMILES string of the molecule is NC(=O)c1cccc(NC(=O)N(CC(=O)O)CC(=O)O)c1. The Morgan fingerprint density at radius 3 is 2.14 bits per heavy atom.